The molecule has 18 heavy (non-hydrogen) atoms. The Labute approximate surface area is 106 Å². The first-order valence-corrected chi connectivity index (χ1v) is 6.84. The smallest absolute Gasteiger partial charge is 0.247 e. The quantitative estimate of drug-likeness (QED) is 0.623. The average Bonchev–Trinajstić information content (AvgIpc) is 2.28. The highest BCUT2D eigenvalue weighted by atomic mass is 32.2. The molecular formula is C11H17FN2O3S. The zero-order valence-electron chi connectivity index (χ0n) is 10.4. The van der Waals surface area contributed by atoms with Gasteiger partial charge in [0.05, 0.1) is 5.69 Å². The van der Waals surface area contributed by atoms with Crippen LogP contribution in [0.5, 0.6) is 0 Å². The van der Waals surface area contributed by atoms with Crippen molar-refractivity contribution in [1.82, 2.24) is 4.31 Å². The maximum atomic E-state index is 13.6. The van der Waals surface area contributed by atoms with Crippen molar-refractivity contribution in [3.63, 3.8) is 0 Å². The fourth-order valence-electron chi connectivity index (χ4n) is 1.51. The van der Waals surface area contributed by atoms with Crippen LogP contribution in [0.2, 0.25) is 0 Å². The third-order valence-corrected chi connectivity index (χ3v) is 4.44. The molecule has 0 atom stereocenters. The largest absolute Gasteiger partial charge is 0.398 e. The number of nitrogens with zero attached hydrogens (tertiary/aromatic N) is 1. The molecule has 0 bridgehead atoms. The lowest BCUT2D eigenvalue weighted by Crippen LogP contribution is -2.30. The summed E-state index contributed by atoms with van der Waals surface area (Å²) < 4.78 is 43.8. The highest BCUT2D eigenvalue weighted by Gasteiger charge is 2.26. The third-order valence-electron chi connectivity index (χ3n) is 2.49. The van der Waals surface area contributed by atoms with Crippen molar-refractivity contribution in [2.24, 2.45) is 0 Å². The highest BCUT2D eigenvalue weighted by molar-refractivity contribution is 7.89. The van der Waals surface area contributed by atoms with Gasteiger partial charge in [0.1, 0.15) is 10.7 Å². The van der Waals surface area contributed by atoms with Crippen LogP contribution in [0.25, 0.3) is 0 Å². The molecule has 2 N–H and O–H groups in total. The Hall–Kier alpha value is -1.18. The Kier molecular flexibility index (Phi) is 5.06. The van der Waals surface area contributed by atoms with E-state index in [9.17, 15) is 12.8 Å². The minimum absolute atomic E-state index is 0.0893. The van der Waals surface area contributed by atoms with Crippen LogP contribution in [-0.4, -0.2) is 40.0 Å². The number of methoxy groups -OCH3 is 1. The number of nitrogen functional groups attached to an aromatic ring is 1. The summed E-state index contributed by atoms with van der Waals surface area (Å²) in [7, 11) is -0.986. The van der Waals surface area contributed by atoms with Crippen LogP contribution in [0.15, 0.2) is 23.1 Å². The average molecular weight is 276 g/mol. The van der Waals surface area contributed by atoms with E-state index < -0.39 is 20.7 Å². The third kappa shape index (κ3) is 3.18. The van der Waals surface area contributed by atoms with Crippen molar-refractivity contribution < 1.29 is 17.5 Å². The molecule has 0 aliphatic carbocycles. The molecule has 7 heteroatoms. The number of hydrogen-bond donors (Lipinski definition) is 1. The van der Waals surface area contributed by atoms with Crippen LogP contribution in [0.4, 0.5) is 10.1 Å². The second kappa shape index (κ2) is 6.12. The van der Waals surface area contributed by atoms with E-state index in [0.717, 1.165) is 10.4 Å². The van der Waals surface area contributed by atoms with E-state index in [1.54, 1.807) is 0 Å². The molecule has 0 aliphatic heterocycles. The molecule has 0 aliphatic rings. The summed E-state index contributed by atoms with van der Waals surface area (Å²) in [6.07, 6.45) is 0.528. The first-order valence-electron chi connectivity index (χ1n) is 5.40. The Morgan fingerprint density at radius 2 is 2.11 bits per heavy atom. The maximum absolute atomic E-state index is 13.6. The van der Waals surface area contributed by atoms with Gasteiger partial charge in [-0.15, -0.1) is 0 Å². The molecule has 0 fully saturated rings. The number of anilines is 1. The van der Waals surface area contributed by atoms with E-state index in [2.05, 4.69) is 0 Å². The monoisotopic (exact) mass is 276 g/mol. The van der Waals surface area contributed by atoms with Gasteiger partial charge in [0, 0.05) is 27.3 Å². The molecule has 1 rings (SSSR count). The molecular weight excluding hydrogens is 259 g/mol. The fourth-order valence-corrected chi connectivity index (χ4v) is 2.87. The van der Waals surface area contributed by atoms with E-state index >= 15 is 0 Å². The van der Waals surface area contributed by atoms with Crippen molar-refractivity contribution in [3.05, 3.63) is 24.0 Å². The van der Waals surface area contributed by atoms with Crippen molar-refractivity contribution in [2.75, 3.05) is 33.0 Å². The van der Waals surface area contributed by atoms with Gasteiger partial charge in [0.2, 0.25) is 10.0 Å². The first kappa shape index (κ1) is 14.9. The second-order valence-electron chi connectivity index (χ2n) is 3.83. The number of sulfonamides is 1. The minimum Gasteiger partial charge on any atom is -0.398 e. The Morgan fingerprint density at radius 1 is 1.44 bits per heavy atom. The summed E-state index contributed by atoms with van der Waals surface area (Å²) in [5.74, 6) is -0.839. The Bertz CT molecular complexity index is 485. The van der Waals surface area contributed by atoms with Crippen molar-refractivity contribution in [3.8, 4) is 0 Å². The van der Waals surface area contributed by atoms with Gasteiger partial charge in [-0.05, 0) is 18.6 Å². The summed E-state index contributed by atoms with van der Waals surface area (Å²) >= 11 is 0. The lowest BCUT2D eigenvalue weighted by atomic mass is 10.3. The summed E-state index contributed by atoms with van der Waals surface area (Å²) in [5, 5.41) is 0. The van der Waals surface area contributed by atoms with Crippen LogP contribution in [0.1, 0.15) is 6.42 Å². The number of halogens is 1. The molecule has 0 saturated heterocycles. The van der Waals surface area contributed by atoms with Gasteiger partial charge in [-0.2, -0.15) is 0 Å². The predicted octanol–water partition coefficient (Wildman–Crippen LogP) is 1.06. The molecule has 1 aromatic rings. The molecule has 5 nitrogen and oxygen atoms in total. The van der Waals surface area contributed by atoms with E-state index in [-0.39, 0.29) is 12.2 Å². The number of ether oxygens (including phenoxy) is 1. The Balaban J connectivity index is 2.99. The zero-order chi connectivity index (χ0) is 13.8. The van der Waals surface area contributed by atoms with Crippen molar-refractivity contribution >= 4 is 15.7 Å². The number of nitrogens with two attached hydrogens (primary N) is 1. The van der Waals surface area contributed by atoms with Crippen LogP contribution in [-0.2, 0) is 14.8 Å². The van der Waals surface area contributed by atoms with Gasteiger partial charge in [-0.25, -0.2) is 17.1 Å². The molecule has 0 amide bonds. The second-order valence-corrected chi connectivity index (χ2v) is 5.81. The zero-order valence-corrected chi connectivity index (χ0v) is 11.2. The fraction of sp³-hybridized carbons (Fsp3) is 0.455. The molecule has 102 valence electrons. The molecule has 0 heterocycles. The standard InChI is InChI=1S/C11H17FN2O3S/c1-14(7-4-8-17-2)18(15,16)11-9(12)5-3-6-10(11)13/h3,5-6H,4,7-8,13H2,1-2H3. The van der Waals surface area contributed by atoms with Crippen LogP contribution in [0, 0.1) is 5.82 Å². The molecule has 0 aromatic heterocycles. The molecule has 0 spiro atoms. The van der Waals surface area contributed by atoms with Gasteiger partial charge in [0.15, 0.2) is 0 Å². The number of benzene rings is 1. The van der Waals surface area contributed by atoms with Crippen LogP contribution < -0.4 is 5.73 Å². The van der Waals surface area contributed by atoms with Gasteiger partial charge < -0.3 is 10.5 Å². The molecule has 0 unspecified atom stereocenters. The Morgan fingerprint density at radius 3 is 2.67 bits per heavy atom. The van der Waals surface area contributed by atoms with Crippen molar-refractivity contribution in [1.29, 1.82) is 0 Å². The first-order chi connectivity index (χ1) is 8.41. The summed E-state index contributed by atoms with van der Waals surface area (Å²) in [5.41, 5.74) is 5.44. The van der Waals surface area contributed by atoms with E-state index in [4.69, 9.17) is 10.5 Å². The van der Waals surface area contributed by atoms with E-state index in [0.29, 0.717) is 13.0 Å². The van der Waals surface area contributed by atoms with Crippen LogP contribution >= 0.6 is 0 Å². The van der Waals surface area contributed by atoms with Gasteiger partial charge in [-0.3, -0.25) is 0 Å². The van der Waals surface area contributed by atoms with Gasteiger partial charge >= 0.3 is 0 Å². The van der Waals surface area contributed by atoms with Gasteiger partial charge in [-0.1, -0.05) is 6.07 Å². The SMILES string of the molecule is COCCCN(C)S(=O)(=O)c1c(N)cccc1F. The lowest BCUT2D eigenvalue weighted by Gasteiger charge is -2.18. The van der Waals surface area contributed by atoms with E-state index in [1.807, 2.05) is 0 Å². The van der Waals surface area contributed by atoms with E-state index in [1.165, 1.54) is 26.3 Å². The van der Waals surface area contributed by atoms with Crippen molar-refractivity contribution in [2.45, 2.75) is 11.3 Å². The predicted molar refractivity (Wildman–Crippen MR) is 67.1 cm³/mol. The topological polar surface area (TPSA) is 72.6 Å². The summed E-state index contributed by atoms with van der Waals surface area (Å²) in [4.78, 5) is -0.468. The van der Waals surface area contributed by atoms with Gasteiger partial charge in [0.25, 0.3) is 0 Å². The number of hydrogen-bond acceptors (Lipinski definition) is 4. The highest BCUT2D eigenvalue weighted by Crippen LogP contribution is 2.24. The normalized spacial score (nSPS) is 12.0. The lowest BCUT2D eigenvalue weighted by molar-refractivity contribution is 0.189. The summed E-state index contributed by atoms with van der Waals surface area (Å²) in [6.45, 7) is 0.677. The minimum atomic E-state index is -3.90. The molecule has 1 aromatic carbocycles. The maximum Gasteiger partial charge on any atom is 0.247 e. The number of rotatable bonds is 6. The summed E-state index contributed by atoms with van der Waals surface area (Å²) in [6, 6.07) is 3.81. The van der Waals surface area contributed by atoms with Crippen LogP contribution in [0.3, 0.4) is 0 Å². The molecule has 0 saturated carbocycles. The molecule has 0 radical (unpaired) electrons.